The van der Waals surface area contributed by atoms with Crippen LogP contribution in [-0.2, 0) is 23.8 Å². The van der Waals surface area contributed by atoms with Gasteiger partial charge in [-0.15, -0.1) is 0 Å². The molecule has 0 aliphatic carbocycles. The average molecular weight is 295 g/mol. The number of hydrogen-bond donors (Lipinski definition) is 0. The fourth-order valence-electron chi connectivity index (χ4n) is 3.49. The highest BCUT2D eigenvalue weighted by Crippen LogP contribution is 2.49. The van der Waals surface area contributed by atoms with E-state index in [2.05, 4.69) is 0 Å². The molecular formula is C15H21NO5. The van der Waals surface area contributed by atoms with Gasteiger partial charge < -0.3 is 14.2 Å². The molecule has 6 nitrogen and oxygen atoms in total. The summed E-state index contributed by atoms with van der Waals surface area (Å²) in [5.41, 5.74) is -0.957. The third-order valence-corrected chi connectivity index (χ3v) is 4.35. The van der Waals surface area contributed by atoms with E-state index in [4.69, 9.17) is 14.2 Å². The maximum absolute atomic E-state index is 12.8. The van der Waals surface area contributed by atoms with Gasteiger partial charge in [0.2, 0.25) is 0 Å². The Morgan fingerprint density at radius 2 is 2.14 bits per heavy atom. The van der Waals surface area contributed by atoms with Crippen LogP contribution in [0.5, 0.6) is 0 Å². The van der Waals surface area contributed by atoms with Gasteiger partial charge in [-0.1, -0.05) is 20.8 Å². The topological polar surface area (TPSA) is 65.1 Å². The highest BCUT2D eigenvalue weighted by atomic mass is 16.6. The fraction of sp³-hybridized carbons (Fsp3) is 0.733. The Kier molecular flexibility index (Phi) is 2.98. The predicted molar refractivity (Wildman–Crippen MR) is 73.2 cm³/mol. The highest BCUT2D eigenvalue weighted by molar-refractivity contribution is 6.05. The van der Waals surface area contributed by atoms with E-state index in [1.54, 1.807) is 6.08 Å². The number of fused-ring (bicyclic) bond motifs is 3. The van der Waals surface area contributed by atoms with Gasteiger partial charge >= 0.3 is 5.97 Å². The molecule has 1 unspecified atom stereocenters. The van der Waals surface area contributed by atoms with Crippen molar-refractivity contribution in [3.05, 3.63) is 11.6 Å². The van der Waals surface area contributed by atoms with Crippen LogP contribution in [0.3, 0.4) is 0 Å². The van der Waals surface area contributed by atoms with Crippen molar-refractivity contribution >= 4 is 11.9 Å². The molecule has 0 aromatic carbocycles. The van der Waals surface area contributed by atoms with E-state index < -0.39 is 23.8 Å². The number of carbonyl (C=O) groups is 2. The average Bonchev–Trinajstić information content (AvgIpc) is 3.01. The molecule has 0 radical (unpaired) electrons. The number of nitrogens with zero attached hydrogens (tertiary/aromatic N) is 1. The number of esters is 1. The van der Waals surface area contributed by atoms with Gasteiger partial charge in [-0.2, -0.15) is 0 Å². The maximum Gasteiger partial charge on any atom is 0.337 e. The van der Waals surface area contributed by atoms with E-state index in [9.17, 15) is 9.59 Å². The molecule has 0 saturated carbocycles. The summed E-state index contributed by atoms with van der Waals surface area (Å²) in [5.74, 6) is -0.669. The molecule has 0 aromatic heterocycles. The van der Waals surface area contributed by atoms with E-state index >= 15 is 0 Å². The number of ether oxygens (including phenoxy) is 3. The second-order valence-corrected chi connectivity index (χ2v) is 6.96. The smallest absolute Gasteiger partial charge is 0.337 e. The minimum atomic E-state index is -1.19. The molecule has 0 aromatic rings. The van der Waals surface area contributed by atoms with E-state index in [1.165, 1.54) is 12.0 Å². The van der Waals surface area contributed by atoms with Gasteiger partial charge in [0.15, 0.2) is 5.54 Å². The Hall–Kier alpha value is -1.40. The first-order valence-electron chi connectivity index (χ1n) is 7.14. The SMILES string of the molecule is COC(=O)[C@]12CO[C@H](C(C)(C)C)N1C(=O)C1=CC(C)O[C@@H]12. The lowest BCUT2D eigenvalue weighted by atomic mass is 9.90. The lowest BCUT2D eigenvalue weighted by molar-refractivity contribution is -0.163. The van der Waals surface area contributed by atoms with Gasteiger partial charge in [-0.3, -0.25) is 9.69 Å². The summed E-state index contributed by atoms with van der Waals surface area (Å²) in [4.78, 5) is 26.8. The third-order valence-electron chi connectivity index (χ3n) is 4.35. The Morgan fingerprint density at radius 3 is 2.71 bits per heavy atom. The molecule has 3 rings (SSSR count). The quantitative estimate of drug-likeness (QED) is 0.671. The molecular weight excluding hydrogens is 274 g/mol. The monoisotopic (exact) mass is 295 g/mol. The summed E-state index contributed by atoms with van der Waals surface area (Å²) >= 11 is 0. The van der Waals surface area contributed by atoms with Crippen molar-refractivity contribution in [3.63, 3.8) is 0 Å². The highest BCUT2D eigenvalue weighted by Gasteiger charge is 2.70. The number of carbonyl (C=O) groups excluding carboxylic acids is 2. The molecule has 2 saturated heterocycles. The van der Waals surface area contributed by atoms with Crippen LogP contribution in [0.25, 0.3) is 0 Å². The largest absolute Gasteiger partial charge is 0.467 e. The first-order valence-corrected chi connectivity index (χ1v) is 7.14. The molecule has 116 valence electrons. The lowest BCUT2D eigenvalue weighted by Crippen LogP contribution is -2.59. The van der Waals surface area contributed by atoms with Crippen LogP contribution >= 0.6 is 0 Å². The molecule has 4 atom stereocenters. The van der Waals surface area contributed by atoms with E-state index in [-0.39, 0.29) is 24.0 Å². The molecule has 1 amide bonds. The van der Waals surface area contributed by atoms with Crippen LogP contribution in [0.15, 0.2) is 11.6 Å². The molecule has 3 aliphatic rings. The minimum Gasteiger partial charge on any atom is -0.467 e. The van der Waals surface area contributed by atoms with Crippen molar-refractivity contribution in [1.29, 1.82) is 0 Å². The summed E-state index contributed by atoms with van der Waals surface area (Å²) in [7, 11) is 1.32. The van der Waals surface area contributed by atoms with Gasteiger partial charge in [0, 0.05) is 11.0 Å². The van der Waals surface area contributed by atoms with Crippen LogP contribution < -0.4 is 0 Å². The Morgan fingerprint density at radius 1 is 1.48 bits per heavy atom. The van der Waals surface area contributed by atoms with Gasteiger partial charge in [0.1, 0.15) is 12.3 Å². The van der Waals surface area contributed by atoms with Gasteiger partial charge in [-0.05, 0) is 13.0 Å². The summed E-state index contributed by atoms with van der Waals surface area (Å²) in [5, 5.41) is 0. The van der Waals surface area contributed by atoms with Gasteiger partial charge in [0.25, 0.3) is 5.91 Å². The van der Waals surface area contributed by atoms with Crippen LogP contribution in [0.4, 0.5) is 0 Å². The van der Waals surface area contributed by atoms with Crippen LogP contribution in [0, 0.1) is 5.41 Å². The Bertz CT molecular complexity index is 535. The summed E-state index contributed by atoms with van der Waals surface area (Å²) in [6.07, 6.45) is 0.510. The third kappa shape index (κ3) is 1.72. The normalized spacial score (nSPS) is 38.3. The molecule has 0 N–H and O–H groups in total. The van der Waals surface area contributed by atoms with Crippen LogP contribution in [0.2, 0.25) is 0 Å². The second-order valence-electron chi connectivity index (χ2n) is 6.96. The summed E-state index contributed by atoms with van der Waals surface area (Å²) < 4.78 is 16.6. The van der Waals surface area contributed by atoms with Crippen LogP contribution in [0.1, 0.15) is 27.7 Å². The van der Waals surface area contributed by atoms with Gasteiger partial charge in [-0.25, -0.2) is 4.79 Å². The maximum atomic E-state index is 12.8. The zero-order valence-electron chi connectivity index (χ0n) is 13.0. The van der Waals surface area contributed by atoms with Crippen molar-refractivity contribution in [3.8, 4) is 0 Å². The molecule has 0 spiro atoms. The number of amides is 1. The number of hydrogen-bond acceptors (Lipinski definition) is 5. The first kappa shape index (κ1) is 14.5. The molecule has 21 heavy (non-hydrogen) atoms. The van der Waals surface area contributed by atoms with Crippen molar-refractivity contribution in [2.75, 3.05) is 13.7 Å². The molecule has 0 bridgehead atoms. The Labute approximate surface area is 124 Å². The molecule has 6 heteroatoms. The van der Waals surface area contributed by atoms with E-state index in [1.807, 2.05) is 27.7 Å². The van der Waals surface area contributed by atoms with Crippen molar-refractivity contribution in [2.45, 2.75) is 51.7 Å². The lowest BCUT2D eigenvalue weighted by Gasteiger charge is -2.37. The van der Waals surface area contributed by atoms with Crippen molar-refractivity contribution in [2.24, 2.45) is 5.41 Å². The number of methoxy groups -OCH3 is 1. The first-order chi connectivity index (χ1) is 9.73. The zero-order valence-corrected chi connectivity index (χ0v) is 13.0. The van der Waals surface area contributed by atoms with Crippen molar-refractivity contribution < 1.29 is 23.8 Å². The molecule has 3 heterocycles. The molecule has 3 aliphatic heterocycles. The Balaban J connectivity index is 2.12. The standard InChI is InChI=1S/C15H21NO5/c1-8-6-9-10(21-8)15(13(18)19-5)7-20-12(14(2,3)4)16(15)11(9)17/h6,8,10,12H,7H2,1-5H3/t8?,10-,12+,15+/m0/s1. The molecule has 2 fully saturated rings. The fourth-order valence-corrected chi connectivity index (χ4v) is 3.49. The summed E-state index contributed by atoms with van der Waals surface area (Å²) in [6, 6.07) is 0. The minimum absolute atomic E-state index is 0.0993. The van der Waals surface area contributed by atoms with Crippen LogP contribution in [-0.4, -0.2) is 54.5 Å². The second kappa shape index (κ2) is 4.30. The van der Waals surface area contributed by atoms with Gasteiger partial charge in [0.05, 0.1) is 19.8 Å². The summed E-state index contributed by atoms with van der Waals surface area (Å²) in [6.45, 7) is 7.88. The van der Waals surface area contributed by atoms with Crippen molar-refractivity contribution in [1.82, 2.24) is 4.90 Å². The number of rotatable bonds is 1. The zero-order chi connectivity index (χ0) is 15.6. The van der Waals surface area contributed by atoms with E-state index in [0.29, 0.717) is 5.57 Å². The van der Waals surface area contributed by atoms with E-state index in [0.717, 1.165) is 0 Å². The predicted octanol–water partition coefficient (Wildman–Crippen LogP) is 0.856.